The second-order valence-electron chi connectivity index (χ2n) is 2.17. The number of carboxylic acid groups (broad SMARTS) is 1. The van der Waals surface area contributed by atoms with Gasteiger partial charge >= 0.3 is 18.8 Å². The van der Waals surface area contributed by atoms with Crippen molar-refractivity contribution in [3.8, 4) is 0 Å². The van der Waals surface area contributed by atoms with Gasteiger partial charge in [-0.3, -0.25) is 0 Å². The maximum atomic E-state index is 11.9. The molecule has 1 rings (SSSR count). The summed E-state index contributed by atoms with van der Waals surface area (Å²) in [5.74, 6) is 0. The van der Waals surface area contributed by atoms with E-state index in [1.165, 1.54) is 0 Å². The van der Waals surface area contributed by atoms with Gasteiger partial charge in [0, 0.05) is 0 Å². The van der Waals surface area contributed by atoms with E-state index in [1.54, 1.807) is 0 Å². The van der Waals surface area contributed by atoms with Crippen LogP contribution in [-0.4, -0.2) is 36.6 Å². The zero-order valence-electron chi connectivity index (χ0n) is 6.08. The summed E-state index contributed by atoms with van der Waals surface area (Å²) in [4.78, 5) is 9.85. The minimum absolute atomic E-state index is 0.762. The van der Waals surface area contributed by atoms with Gasteiger partial charge in [0.15, 0.2) is 6.10 Å². The highest BCUT2D eigenvalue weighted by atomic mass is 19.4. The molecule has 1 saturated heterocycles. The van der Waals surface area contributed by atoms with Gasteiger partial charge in [-0.05, 0) is 0 Å². The molecule has 1 fully saturated rings. The smallest absolute Gasteiger partial charge is 0.450 e. The Labute approximate surface area is 70.0 Å². The molecule has 0 aromatic rings. The molecule has 0 aromatic carbocycles. The maximum absolute atomic E-state index is 11.9. The van der Waals surface area contributed by atoms with Crippen molar-refractivity contribution in [3.63, 3.8) is 0 Å². The van der Waals surface area contributed by atoms with E-state index in [0.29, 0.717) is 0 Å². The van der Waals surface area contributed by atoms with E-state index < -0.39 is 31.5 Å². The number of hydrogen-bond donors (Lipinski definition) is 1. The van der Waals surface area contributed by atoms with Crippen LogP contribution in [0.3, 0.4) is 0 Å². The van der Waals surface area contributed by atoms with E-state index in [1.807, 2.05) is 0 Å². The molecule has 76 valence electrons. The van der Waals surface area contributed by atoms with Gasteiger partial charge in [-0.25, -0.2) is 4.79 Å². The van der Waals surface area contributed by atoms with Crippen LogP contribution in [-0.2, 0) is 14.2 Å². The summed E-state index contributed by atoms with van der Waals surface area (Å²) in [6, 6.07) is 0. The highest BCUT2D eigenvalue weighted by Crippen LogP contribution is 2.28. The summed E-state index contributed by atoms with van der Waals surface area (Å²) in [7, 11) is 0. The summed E-state index contributed by atoms with van der Waals surface area (Å²) < 4.78 is 47.7. The highest BCUT2D eigenvalue weighted by molar-refractivity contribution is 5.56. The fourth-order valence-corrected chi connectivity index (χ4v) is 0.694. The number of hydrogen-bond acceptors (Lipinski definition) is 4. The lowest BCUT2D eigenvalue weighted by Gasteiger charge is -2.12. The van der Waals surface area contributed by atoms with E-state index in [-0.39, 0.29) is 0 Å². The van der Waals surface area contributed by atoms with Crippen LogP contribution in [0.5, 0.6) is 0 Å². The lowest BCUT2D eigenvalue weighted by molar-refractivity contribution is -0.258. The molecule has 0 aromatic heterocycles. The second-order valence-corrected chi connectivity index (χ2v) is 2.17. The molecular formula is C5H5F3O5. The first-order chi connectivity index (χ1) is 5.89. The van der Waals surface area contributed by atoms with E-state index in [4.69, 9.17) is 5.11 Å². The van der Waals surface area contributed by atoms with Crippen molar-refractivity contribution in [3.05, 3.63) is 0 Å². The third-order valence-corrected chi connectivity index (χ3v) is 1.22. The average Bonchev–Trinajstić information content (AvgIpc) is 2.32. The molecule has 2 unspecified atom stereocenters. The first kappa shape index (κ1) is 10.1. The van der Waals surface area contributed by atoms with E-state index in [0.717, 1.165) is 0 Å². The van der Waals surface area contributed by atoms with Crippen LogP contribution in [0.2, 0.25) is 0 Å². The molecule has 8 heteroatoms. The topological polar surface area (TPSA) is 65.0 Å². The van der Waals surface area contributed by atoms with Crippen LogP contribution in [0.15, 0.2) is 0 Å². The lowest BCUT2D eigenvalue weighted by Crippen LogP contribution is -2.31. The fourth-order valence-electron chi connectivity index (χ4n) is 0.694. The summed E-state index contributed by atoms with van der Waals surface area (Å²) in [6.07, 6.45) is -8.46. The van der Waals surface area contributed by atoms with E-state index in [2.05, 4.69) is 14.2 Å². The van der Waals surface area contributed by atoms with Crippen LogP contribution in [0.25, 0.3) is 0 Å². The van der Waals surface area contributed by atoms with Crippen LogP contribution in [0.1, 0.15) is 0 Å². The highest BCUT2D eigenvalue weighted by Gasteiger charge is 2.47. The molecule has 2 atom stereocenters. The molecule has 0 radical (unpaired) electrons. The standard InChI is InChI=1S/C5H5F3O5/c6-5(7,8)2-1-11-4(12-2)13-3(9)10/h2,4H,1H2,(H,9,10). The van der Waals surface area contributed by atoms with Gasteiger partial charge in [-0.1, -0.05) is 0 Å². The van der Waals surface area contributed by atoms with Crippen molar-refractivity contribution >= 4 is 6.16 Å². The van der Waals surface area contributed by atoms with Gasteiger partial charge in [0.05, 0.1) is 6.61 Å². The normalized spacial score (nSPS) is 28.8. The fraction of sp³-hybridized carbons (Fsp3) is 0.800. The molecule has 1 aliphatic heterocycles. The Bertz CT molecular complexity index is 203. The number of halogens is 3. The molecule has 1 N–H and O–H groups in total. The molecule has 1 aliphatic rings. The predicted molar refractivity (Wildman–Crippen MR) is 29.8 cm³/mol. The molecule has 0 aliphatic carbocycles. The Balaban J connectivity index is 2.41. The molecule has 0 saturated carbocycles. The van der Waals surface area contributed by atoms with Crippen molar-refractivity contribution in [1.82, 2.24) is 0 Å². The third-order valence-electron chi connectivity index (χ3n) is 1.22. The van der Waals surface area contributed by atoms with Crippen molar-refractivity contribution in [2.24, 2.45) is 0 Å². The summed E-state index contributed by atoms with van der Waals surface area (Å²) in [5.41, 5.74) is 0. The summed E-state index contributed by atoms with van der Waals surface area (Å²) >= 11 is 0. The first-order valence-corrected chi connectivity index (χ1v) is 3.13. The van der Waals surface area contributed by atoms with Crippen molar-refractivity contribution in [2.45, 2.75) is 18.8 Å². The number of alkyl halides is 3. The van der Waals surface area contributed by atoms with Crippen LogP contribution in [0.4, 0.5) is 18.0 Å². The van der Waals surface area contributed by atoms with Gasteiger partial charge in [-0.15, -0.1) is 0 Å². The molecule has 0 bridgehead atoms. The lowest BCUT2D eigenvalue weighted by atomic mass is 10.4. The van der Waals surface area contributed by atoms with E-state index >= 15 is 0 Å². The Hall–Kier alpha value is -1.02. The molecule has 0 amide bonds. The molecule has 13 heavy (non-hydrogen) atoms. The van der Waals surface area contributed by atoms with Gasteiger partial charge in [-0.2, -0.15) is 13.2 Å². The summed E-state index contributed by atoms with van der Waals surface area (Å²) in [6.45, 7) is -2.55. The zero-order valence-corrected chi connectivity index (χ0v) is 6.08. The van der Waals surface area contributed by atoms with Gasteiger partial charge in [0.1, 0.15) is 0 Å². The molecule has 5 nitrogen and oxygen atoms in total. The number of ether oxygens (including phenoxy) is 3. The van der Waals surface area contributed by atoms with Crippen molar-refractivity contribution in [1.29, 1.82) is 0 Å². The quantitative estimate of drug-likeness (QED) is 0.641. The number of carbonyl (C=O) groups is 1. The van der Waals surface area contributed by atoms with E-state index in [9.17, 15) is 18.0 Å². The zero-order chi connectivity index (χ0) is 10.1. The van der Waals surface area contributed by atoms with Crippen molar-refractivity contribution < 1.29 is 37.3 Å². The van der Waals surface area contributed by atoms with Crippen LogP contribution < -0.4 is 0 Å². The SMILES string of the molecule is O=C(O)OC1OCC(C(F)(F)F)O1. The predicted octanol–water partition coefficient (Wildman–Crippen LogP) is 0.942. The van der Waals surface area contributed by atoms with Gasteiger partial charge in [0.2, 0.25) is 0 Å². The Morgan fingerprint density at radius 1 is 1.54 bits per heavy atom. The third kappa shape index (κ3) is 2.74. The van der Waals surface area contributed by atoms with Gasteiger partial charge < -0.3 is 19.3 Å². The molecular weight excluding hydrogens is 197 g/mol. The minimum atomic E-state index is -4.57. The average molecular weight is 202 g/mol. The van der Waals surface area contributed by atoms with Crippen molar-refractivity contribution in [2.75, 3.05) is 6.61 Å². The Morgan fingerprint density at radius 2 is 2.15 bits per heavy atom. The Kier molecular flexibility index (Phi) is 2.62. The first-order valence-electron chi connectivity index (χ1n) is 3.13. The second kappa shape index (κ2) is 3.38. The molecule has 1 heterocycles. The largest absolute Gasteiger partial charge is 0.509 e. The van der Waals surface area contributed by atoms with Gasteiger partial charge in [0.25, 0.3) is 0 Å². The monoisotopic (exact) mass is 202 g/mol. The maximum Gasteiger partial charge on any atom is 0.509 e. The van der Waals surface area contributed by atoms with Crippen LogP contribution >= 0.6 is 0 Å². The summed E-state index contributed by atoms with van der Waals surface area (Å²) in [5, 5.41) is 8.00. The Morgan fingerprint density at radius 3 is 2.54 bits per heavy atom. The van der Waals surface area contributed by atoms with Crippen LogP contribution in [0, 0.1) is 0 Å². The minimum Gasteiger partial charge on any atom is -0.450 e. The number of rotatable bonds is 1. The molecule has 0 spiro atoms.